The van der Waals surface area contributed by atoms with Gasteiger partial charge in [-0.25, -0.2) is 0 Å². The Kier molecular flexibility index (Phi) is 3.29. The van der Waals surface area contributed by atoms with Gasteiger partial charge in [-0.1, -0.05) is 13.8 Å². The first kappa shape index (κ1) is 10.9. The Morgan fingerprint density at radius 2 is 2.13 bits per heavy atom. The molecule has 1 aliphatic carbocycles. The molecule has 2 aliphatic rings. The van der Waals surface area contributed by atoms with Gasteiger partial charge in [0, 0.05) is 19.1 Å². The number of amides is 1. The van der Waals surface area contributed by atoms with E-state index in [0.717, 1.165) is 31.8 Å². The molecular weight excluding hydrogens is 188 g/mol. The smallest absolute Gasteiger partial charge is 0.239 e. The summed E-state index contributed by atoms with van der Waals surface area (Å²) < 4.78 is 0. The highest BCUT2D eigenvalue weighted by Gasteiger charge is 2.32. The van der Waals surface area contributed by atoms with Crippen molar-refractivity contribution in [1.29, 1.82) is 0 Å². The molecule has 0 aromatic heterocycles. The van der Waals surface area contributed by atoms with E-state index in [1.54, 1.807) is 0 Å². The molecule has 86 valence electrons. The number of carbonyl (C=O) groups is 1. The fourth-order valence-corrected chi connectivity index (χ4v) is 2.29. The molecule has 1 heterocycles. The first-order valence-electron chi connectivity index (χ1n) is 6.21. The lowest BCUT2D eigenvalue weighted by Crippen LogP contribution is -2.52. The van der Waals surface area contributed by atoms with Crippen molar-refractivity contribution >= 4 is 5.91 Å². The summed E-state index contributed by atoms with van der Waals surface area (Å²) in [5.41, 5.74) is 0. The number of nitrogens with zero attached hydrogens (tertiary/aromatic N) is 1. The monoisotopic (exact) mass is 210 g/mol. The van der Waals surface area contributed by atoms with Gasteiger partial charge >= 0.3 is 0 Å². The molecule has 1 N–H and O–H groups in total. The van der Waals surface area contributed by atoms with E-state index >= 15 is 0 Å². The Balaban J connectivity index is 1.87. The fraction of sp³-hybridized carbons (Fsp3) is 0.917. The molecule has 0 aromatic carbocycles. The second kappa shape index (κ2) is 4.52. The van der Waals surface area contributed by atoms with Gasteiger partial charge in [-0.2, -0.15) is 0 Å². The number of carbonyl (C=O) groups excluding carboxylic acids is 1. The van der Waals surface area contributed by atoms with E-state index in [0.29, 0.717) is 11.9 Å². The minimum absolute atomic E-state index is 0.0810. The maximum absolute atomic E-state index is 12.1. The van der Waals surface area contributed by atoms with Gasteiger partial charge in [-0.05, 0) is 31.6 Å². The molecule has 1 atom stereocenters. The number of hydrogen-bond donors (Lipinski definition) is 1. The molecule has 1 saturated carbocycles. The number of rotatable bonds is 4. The van der Waals surface area contributed by atoms with Crippen LogP contribution >= 0.6 is 0 Å². The Labute approximate surface area is 92.2 Å². The average molecular weight is 210 g/mol. The molecule has 2 fully saturated rings. The minimum atomic E-state index is 0.0810. The van der Waals surface area contributed by atoms with E-state index in [4.69, 9.17) is 0 Å². The Morgan fingerprint density at radius 1 is 1.40 bits per heavy atom. The zero-order chi connectivity index (χ0) is 10.8. The zero-order valence-corrected chi connectivity index (χ0v) is 9.83. The van der Waals surface area contributed by atoms with Crippen molar-refractivity contribution in [2.75, 3.05) is 13.1 Å². The molecule has 3 heteroatoms. The third kappa shape index (κ3) is 2.94. The van der Waals surface area contributed by atoms with E-state index in [9.17, 15) is 4.79 Å². The summed E-state index contributed by atoms with van der Waals surface area (Å²) in [4.78, 5) is 14.2. The van der Waals surface area contributed by atoms with Gasteiger partial charge in [0.25, 0.3) is 0 Å². The van der Waals surface area contributed by atoms with Gasteiger partial charge in [0.15, 0.2) is 0 Å². The largest absolute Gasteiger partial charge is 0.341 e. The van der Waals surface area contributed by atoms with E-state index in [1.165, 1.54) is 12.8 Å². The third-order valence-corrected chi connectivity index (χ3v) is 3.24. The first-order valence-corrected chi connectivity index (χ1v) is 6.21. The topological polar surface area (TPSA) is 32.3 Å². The third-order valence-electron chi connectivity index (χ3n) is 3.24. The van der Waals surface area contributed by atoms with Crippen LogP contribution in [0.1, 0.15) is 39.5 Å². The van der Waals surface area contributed by atoms with Crippen LogP contribution in [0.25, 0.3) is 0 Å². The van der Waals surface area contributed by atoms with Crippen LogP contribution in [-0.4, -0.2) is 36.0 Å². The summed E-state index contributed by atoms with van der Waals surface area (Å²) >= 11 is 0. The first-order chi connectivity index (χ1) is 7.16. The van der Waals surface area contributed by atoms with E-state index in [2.05, 4.69) is 24.1 Å². The Hall–Kier alpha value is -0.570. The summed E-state index contributed by atoms with van der Waals surface area (Å²) in [7, 11) is 0. The SMILES string of the molecule is CC(C)NC1CCCN(CC2CC2)C1=O. The van der Waals surface area contributed by atoms with Crippen LogP contribution in [-0.2, 0) is 4.79 Å². The van der Waals surface area contributed by atoms with Gasteiger partial charge in [0.2, 0.25) is 5.91 Å². The summed E-state index contributed by atoms with van der Waals surface area (Å²) in [6, 6.07) is 0.484. The lowest BCUT2D eigenvalue weighted by molar-refractivity contribution is -0.136. The van der Waals surface area contributed by atoms with Crippen molar-refractivity contribution in [2.24, 2.45) is 5.92 Å². The Bertz CT molecular complexity index is 222. The van der Waals surface area contributed by atoms with E-state index in [1.807, 2.05) is 0 Å². The van der Waals surface area contributed by atoms with Crippen LogP contribution < -0.4 is 5.32 Å². The average Bonchev–Trinajstić information content (AvgIpc) is 2.95. The summed E-state index contributed by atoms with van der Waals surface area (Å²) in [5.74, 6) is 1.15. The van der Waals surface area contributed by atoms with Crippen LogP contribution in [0.15, 0.2) is 0 Å². The fourth-order valence-electron chi connectivity index (χ4n) is 2.29. The van der Waals surface area contributed by atoms with Gasteiger partial charge in [0.1, 0.15) is 0 Å². The van der Waals surface area contributed by atoms with Crippen molar-refractivity contribution < 1.29 is 4.79 Å². The zero-order valence-electron chi connectivity index (χ0n) is 9.83. The van der Waals surface area contributed by atoms with Crippen LogP contribution in [0, 0.1) is 5.92 Å². The molecule has 1 saturated heterocycles. The van der Waals surface area contributed by atoms with Gasteiger partial charge < -0.3 is 10.2 Å². The molecule has 0 spiro atoms. The van der Waals surface area contributed by atoms with Crippen molar-refractivity contribution in [3.8, 4) is 0 Å². The minimum Gasteiger partial charge on any atom is -0.341 e. The standard InChI is InChI=1S/C12H22N2O/c1-9(2)13-11-4-3-7-14(12(11)15)8-10-5-6-10/h9-11,13H,3-8H2,1-2H3. The molecule has 1 amide bonds. The van der Waals surface area contributed by atoms with Crippen LogP contribution in [0.2, 0.25) is 0 Å². The highest BCUT2D eigenvalue weighted by atomic mass is 16.2. The maximum Gasteiger partial charge on any atom is 0.239 e. The number of nitrogens with one attached hydrogen (secondary N) is 1. The van der Waals surface area contributed by atoms with Crippen LogP contribution in [0.3, 0.4) is 0 Å². The summed E-state index contributed by atoms with van der Waals surface area (Å²) in [6.07, 6.45) is 4.82. The molecule has 0 radical (unpaired) electrons. The maximum atomic E-state index is 12.1. The van der Waals surface area contributed by atoms with Gasteiger partial charge in [0.05, 0.1) is 6.04 Å². The molecule has 15 heavy (non-hydrogen) atoms. The second-order valence-corrected chi connectivity index (χ2v) is 5.24. The Morgan fingerprint density at radius 3 is 2.73 bits per heavy atom. The van der Waals surface area contributed by atoms with Crippen LogP contribution in [0.4, 0.5) is 0 Å². The van der Waals surface area contributed by atoms with Crippen molar-refractivity contribution in [2.45, 2.75) is 51.6 Å². The molecule has 1 aliphatic heterocycles. The number of likely N-dealkylation sites (tertiary alicyclic amines) is 1. The van der Waals surface area contributed by atoms with E-state index in [-0.39, 0.29) is 6.04 Å². The highest BCUT2D eigenvalue weighted by Crippen LogP contribution is 2.30. The second-order valence-electron chi connectivity index (χ2n) is 5.24. The molecule has 0 aromatic rings. The number of piperidine rings is 1. The highest BCUT2D eigenvalue weighted by molar-refractivity contribution is 5.82. The molecule has 1 unspecified atom stereocenters. The predicted molar refractivity (Wildman–Crippen MR) is 60.6 cm³/mol. The number of hydrogen-bond acceptors (Lipinski definition) is 2. The van der Waals surface area contributed by atoms with Crippen molar-refractivity contribution in [3.63, 3.8) is 0 Å². The lowest BCUT2D eigenvalue weighted by atomic mass is 10.0. The normalized spacial score (nSPS) is 27.5. The molecule has 0 bridgehead atoms. The van der Waals surface area contributed by atoms with Crippen molar-refractivity contribution in [1.82, 2.24) is 10.2 Å². The van der Waals surface area contributed by atoms with Crippen LogP contribution in [0.5, 0.6) is 0 Å². The van der Waals surface area contributed by atoms with E-state index < -0.39 is 0 Å². The molecule has 3 nitrogen and oxygen atoms in total. The summed E-state index contributed by atoms with van der Waals surface area (Å²) in [5, 5.41) is 3.36. The quantitative estimate of drug-likeness (QED) is 0.760. The van der Waals surface area contributed by atoms with Crippen molar-refractivity contribution in [3.05, 3.63) is 0 Å². The lowest BCUT2D eigenvalue weighted by Gasteiger charge is -2.33. The van der Waals surface area contributed by atoms with Gasteiger partial charge in [-0.15, -0.1) is 0 Å². The predicted octanol–water partition coefficient (Wildman–Crippen LogP) is 1.39. The molecular formula is C12H22N2O. The molecule has 2 rings (SSSR count). The summed E-state index contributed by atoms with van der Waals surface area (Å²) in [6.45, 7) is 6.20. The van der Waals surface area contributed by atoms with Gasteiger partial charge in [-0.3, -0.25) is 4.79 Å².